The van der Waals surface area contributed by atoms with Crippen molar-refractivity contribution in [3.63, 3.8) is 0 Å². The van der Waals surface area contributed by atoms with Crippen LogP contribution in [0.15, 0.2) is 48.5 Å². The number of nitrogens with one attached hydrogen (secondary N) is 2. The molecule has 2 aliphatic rings. The zero-order valence-electron chi connectivity index (χ0n) is 19.0. The molecule has 0 saturated carbocycles. The number of halogens is 2. The Hall–Kier alpha value is -3.01. The van der Waals surface area contributed by atoms with Crippen molar-refractivity contribution in [3.05, 3.63) is 70.5 Å². The van der Waals surface area contributed by atoms with Crippen LogP contribution in [0.3, 0.4) is 0 Å². The average molecular weight is 488 g/mol. The highest BCUT2D eigenvalue weighted by Crippen LogP contribution is 2.29. The Kier molecular flexibility index (Phi) is 7.16. The maximum absolute atomic E-state index is 13.5. The molecule has 2 saturated heterocycles. The second-order valence-electron chi connectivity index (χ2n) is 8.50. The number of carbonyl (C=O) groups is 3. The highest BCUT2D eigenvalue weighted by atomic mass is 35.5. The van der Waals surface area contributed by atoms with Crippen molar-refractivity contribution in [2.75, 3.05) is 13.1 Å². The SMILES string of the molecule is CCN1NC(C)C2C1C(=O)N(Cc1ccc(F)cc1)C(=O)N2CC(=O)NCc1ccc(Cl)cc1. The van der Waals surface area contributed by atoms with E-state index in [1.807, 2.05) is 26.0 Å². The van der Waals surface area contributed by atoms with Crippen LogP contribution >= 0.6 is 11.6 Å². The monoisotopic (exact) mass is 487 g/mol. The predicted molar refractivity (Wildman–Crippen MR) is 125 cm³/mol. The van der Waals surface area contributed by atoms with Gasteiger partial charge in [-0.25, -0.2) is 19.6 Å². The zero-order chi connectivity index (χ0) is 24.4. The molecule has 0 aliphatic carbocycles. The molecule has 0 bridgehead atoms. The third-order valence-electron chi connectivity index (χ3n) is 6.21. The highest BCUT2D eigenvalue weighted by molar-refractivity contribution is 6.30. The van der Waals surface area contributed by atoms with Crippen LogP contribution in [0, 0.1) is 5.82 Å². The summed E-state index contributed by atoms with van der Waals surface area (Å²) in [5.74, 6) is -1.07. The first-order valence-electron chi connectivity index (χ1n) is 11.2. The van der Waals surface area contributed by atoms with Crippen LogP contribution in [-0.4, -0.2) is 63.9 Å². The van der Waals surface area contributed by atoms with Crippen molar-refractivity contribution < 1.29 is 18.8 Å². The van der Waals surface area contributed by atoms with E-state index in [9.17, 15) is 18.8 Å². The standard InChI is InChI=1S/C24H27ClFN5O3/c1-3-31-22-21(15(2)28-31)29(14-20(32)27-12-16-4-8-18(25)9-5-16)24(34)30(23(22)33)13-17-6-10-19(26)11-7-17/h4-11,15,21-22,28H,3,12-14H2,1-2H3,(H,27,32). The van der Waals surface area contributed by atoms with E-state index in [2.05, 4.69) is 10.7 Å². The van der Waals surface area contributed by atoms with Crippen LogP contribution in [0.1, 0.15) is 25.0 Å². The Morgan fingerprint density at radius 3 is 2.38 bits per heavy atom. The third-order valence-corrected chi connectivity index (χ3v) is 6.46. The second-order valence-corrected chi connectivity index (χ2v) is 8.94. The summed E-state index contributed by atoms with van der Waals surface area (Å²) in [5.41, 5.74) is 4.75. The van der Waals surface area contributed by atoms with Crippen LogP contribution in [0.25, 0.3) is 0 Å². The number of nitrogens with zero attached hydrogens (tertiary/aromatic N) is 3. The topological polar surface area (TPSA) is 85.0 Å². The molecule has 4 amide bonds. The van der Waals surface area contributed by atoms with E-state index in [1.165, 1.54) is 29.2 Å². The molecule has 2 aromatic rings. The van der Waals surface area contributed by atoms with Gasteiger partial charge in [-0.2, -0.15) is 0 Å². The Labute approximate surface area is 202 Å². The summed E-state index contributed by atoms with van der Waals surface area (Å²) >= 11 is 5.91. The van der Waals surface area contributed by atoms with Crippen LogP contribution in [0.2, 0.25) is 5.02 Å². The summed E-state index contributed by atoms with van der Waals surface area (Å²) in [6.45, 7) is 4.45. The van der Waals surface area contributed by atoms with Crippen molar-refractivity contribution in [2.24, 2.45) is 0 Å². The fourth-order valence-corrected chi connectivity index (χ4v) is 4.65. The van der Waals surface area contributed by atoms with E-state index in [1.54, 1.807) is 17.1 Å². The van der Waals surface area contributed by atoms with E-state index < -0.39 is 23.9 Å². The van der Waals surface area contributed by atoms with Gasteiger partial charge in [0.2, 0.25) is 5.91 Å². The largest absolute Gasteiger partial charge is 0.350 e. The number of fused-ring (bicyclic) bond motifs is 1. The molecule has 2 heterocycles. The van der Waals surface area contributed by atoms with Crippen LogP contribution in [-0.2, 0) is 22.7 Å². The molecule has 2 aromatic carbocycles. The van der Waals surface area contributed by atoms with Gasteiger partial charge in [0.25, 0.3) is 5.91 Å². The number of urea groups is 1. The number of hydrogen-bond donors (Lipinski definition) is 2. The fourth-order valence-electron chi connectivity index (χ4n) is 4.52. The Morgan fingerprint density at radius 2 is 1.74 bits per heavy atom. The minimum atomic E-state index is -0.623. The molecule has 2 fully saturated rings. The third kappa shape index (κ3) is 4.91. The first-order chi connectivity index (χ1) is 16.3. The van der Waals surface area contributed by atoms with Crippen molar-refractivity contribution in [3.8, 4) is 0 Å². The van der Waals surface area contributed by atoms with Gasteiger partial charge in [0.1, 0.15) is 18.4 Å². The maximum Gasteiger partial charge on any atom is 0.327 e. The summed E-state index contributed by atoms with van der Waals surface area (Å²) in [6, 6.07) is 10.9. The highest BCUT2D eigenvalue weighted by Gasteiger charge is 2.54. The van der Waals surface area contributed by atoms with E-state index in [0.717, 1.165) is 10.5 Å². The average Bonchev–Trinajstić information content (AvgIpc) is 3.16. The normalized spacial score (nSPS) is 22.8. The van der Waals surface area contributed by atoms with Gasteiger partial charge >= 0.3 is 6.03 Å². The lowest BCUT2D eigenvalue weighted by molar-refractivity contribution is -0.140. The predicted octanol–water partition coefficient (Wildman–Crippen LogP) is 2.53. The first kappa shape index (κ1) is 24.1. The number of carbonyl (C=O) groups excluding carboxylic acids is 3. The van der Waals surface area contributed by atoms with Gasteiger partial charge in [0.15, 0.2) is 0 Å². The number of hydrazine groups is 1. The summed E-state index contributed by atoms with van der Waals surface area (Å²) in [6.07, 6.45) is 0. The molecule has 0 spiro atoms. The Bertz CT molecular complexity index is 1070. The second kappa shape index (κ2) is 10.1. The Morgan fingerprint density at radius 1 is 1.09 bits per heavy atom. The zero-order valence-corrected chi connectivity index (χ0v) is 19.8. The lowest BCUT2D eigenvalue weighted by Crippen LogP contribution is -2.67. The lowest BCUT2D eigenvalue weighted by Gasteiger charge is -2.43. The van der Waals surface area contributed by atoms with Gasteiger partial charge in [-0.3, -0.25) is 14.5 Å². The molecular weight excluding hydrogens is 461 g/mol. The smallest absolute Gasteiger partial charge is 0.327 e. The molecule has 3 unspecified atom stereocenters. The molecule has 2 aliphatic heterocycles. The minimum Gasteiger partial charge on any atom is -0.350 e. The number of benzene rings is 2. The summed E-state index contributed by atoms with van der Waals surface area (Å²) in [5, 5.41) is 5.24. The molecule has 3 atom stereocenters. The van der Waals surface area contributed by atoms with Crippen LogP contribution < -0.4 is 10.7 Å². The quantitative estimate of drug-likeness (QED) is 0.627. The van der Waals surface area contributed by atoms with Crippen molar-refractivity contribution in [2.45, 2.75) is 45.1 Å². The van der Waals surface area contributed by atoms with E-state index in [-0.39, 0.29) is 30.9 Å². The van der Waals surface area contributed by atoms with Gasteiger partial charge in [-0.05, 0) is 42.3 Å². The molecule has 180 valence electrons. The molecule has 8 nitrogen and oxygen atoms in total. The summed E-state index contributed by atoms with van der Waals surface area (Å²) in [4.78, 5) is 42.3. The van der Waals surface area contributed by atoms with E-state index in [4.69, 9.17) is 11.6 Å². The summed E-state index contributed by atoms with van der Waals surface area (Å²) < 4.78 is 13.3. The van der Waals surface area contributed by atoms with E-state index >= 15 is 0 Å². The van der Waals surface area contributed by atoms with Gasteiger partial charge in [-0.15, -0.1) is 0 Å². The van der Waals surface area contributed by atoms with Gasteiger partial charge < -0.3 is 10.2 Å². The van der Waals surface area contributed by atoms with Crippen molar-refractivity contribution >= 4 is 29.4 Å². The fraction of sp³-hybridized carbons (Fsp3) is 0.375. The number of likely N-dealkylation sites (N-methyl/N-ethyl adjacent to an activating group) is 1. The minimum absolute atomic E-state index is 0.00397. The number of imide groups is 1. The van der Waals surface area contributed by atoms with Gasteiger partial charge in [0, 0.05) is 24.2 Å². The number of rotatable bonds is 7. The number of amides is 4. The van der Waals surface area contributed by atoms with Crippen LogP contribution in [0.4, 0.5) is 9.18 Å². The van der Waals surface area contributed by atoms with Crippen LogP contribution in [0.5, 0.6) is 0 Å². The molecule has 4 rings (SSSR count). The van der Waals surface area contributed by atoms with E-state index in [0.29, 0.717) is 23.7 Å². The van der Waals surface area contributed by atoms with Crippen molar-refractivity contribution in [1.29, 1.82) is 0 Å². The Balaban J connectivity index is 1.53. The van der Waals surface area contributed by atoms with Gasteiger partial charge in [-0.1, -0.05) is 42.8 Å². The molecule has 0 aromatic heterocycles. The first-order valence-corrected chi connectivity index (χ1v) is 11.6. The maximum atomic E-state index is 13.5. The summed E-state index contributed by atoms with van der Waals surface area (Å²) in [7, 11) is 0. The molecule has 34 heavy (non-hydrogen) atoms. The molecule has 10 heteroatoms. The number of hydrogen-bond acceptors (Lipinski definition) is 5. The molecular formula is C24H27ClFN5O3. The van der Waals surface area contributed by atoms with Crippen molar-refractivity contribution in [1.82, 2.24) is 25.6 Å². The lowest BCUT2D eigenvalue weighted by atomic mass is 9.97. The molecule has 0 radical (unpaired) electrons. The van der Waals surface area contributed by atoms with Gasteiger partial charge in [0.05, 0.1) is 12.6 Å². The molecule has 2 N–H and O–H groups in total.